The highest BCUT2D eigenvalue weighted by atomic mass is 32.1. The third kappa shape index (κ3) is 23.7. The normalized spacial score (nSPS) is 16.6. The zero-order valence-electron chi connectivity index (χ0n) is 39.5. The molecule has 0 bridgehead atoms. The number of carbonyl (C=O) groups excluding carboxylic acids is 1. The molecule has 2 heterocycles. The monoisotopic (exact) mass is 861 g/mol. The number of nitrogens with zero attached hydrogens (tertiary/aromatic N) is 1. The first kappa shape index (κ1) is 57.0. The third-order valence-electron chi connectivity index (χ3n) is 9.83. The summed E-state index contributed by atoms with van der Waals surface area (Å²) >= 11 is 3.83. The number of benzene rings is 1. The van der Waals surface area contributed by atoms with Gasteiger partial charge in [0.05, 0.1) is 19.1 Å². The molecule has 1 aromatic carbocycles. The summed E-state index contributed by atoms with van der Waals surface area (Å²) in [5, 5.41) is 26.7. The number of carbonyl (C=O) groups is 1. The van der Waals surface area contributed by atoms with Crippen molar-refractivity contribution in [1.29, 1.82) is 0 Å². The van der Waals surface area contributed by atoms with Gasteiger partial charge in [-0.05, 0) is 74.5 Å². The van der Waals surface area contributed by atoms with E-state index in [9.17, 15) is 19.8 Å². The third-order valence-corrected chi connectivity index (χ3v) is 10.1. The number of aliphatic hydroxyl groups is 2. The summed E-state index contributed by atoms with van der Waals surface area (Å²) in [7, 11) is 0. The number of likely N-dealkylation sites (tertiary alicyclic amines) is 1. The molecular weight excluding hydrogens is 777 g/mol. The van der Waals surface area contributed by atoms with E-state index in [-0.39, 0.29) is 36.2 Å². The summed E-state index contributed by atoms with van der Waals surface area (Å²) in [6.45, 7) is 27.9. The average Bonchev–Trinajstić information content (AvgIpc) is 3.79. The maximum atomic E-state index is 12.3. The van der Waals surface area contributed by atoms with Crippen LogP contribution < -0.4 is 16.1 Å². The molecule has 3 atom stereocenters. The Bertz CT molecular complexity index is 1690. The van der Waals surface area contributed by atoms with Crippen molar-refractivity contribution in [3.63, 3.8) is 0 Å². The lowest BCUT2D eigenvalue weighted by molar-refractivity contribution is -0.133. The van der Waals surface area contributed by atoms with Gasteiger partial charge in [-0.1, -0.05) is 168 Å². The van der Waals surface area contributed by atoms with Crippen molar-refractivity contribution in [2.75, 3.05) is 19.6 Å². The van der Waals surface area contributed by atoms with Gasteiger partial charge in [0.1, 0.15) is 12.0 Å². The first-order valence-electron chi connectivity index (χ1n) is 23.1. The molecule has 1 saturated heterocycles. The second kappa shape index (κ2) is 35.5. The van der Waals surface area contributed by atoms with Gasteiger partial charge in [0.25, 0.3) is 0 Å². The molecular formula is C52H84N4O4S. The number of aromatic nitrogens is 1. The minimum absolute atomic E-state index is 0.0390. The van der Waals surface area contributed by atoms with Gasteiger partial charge in [-0.15, -0.1) is 12.6 Å². The number of hydrogen-bond acceptors (Lipinski definition) is 7. The van der Waals surface area contributed by atoms with Crippen molar-refractivity contribution in [2.24, 2.45) is 5.92 Å². The van der Waals surface area contributed by atoms with Crippen LogP contribution in [0, 0.1) is 5.92 Å². The van der Waals surface area contributed by atoms with Crippen molar-refractivity contribution < 1.29 is 15.0 Å². The number of pyridine rings is 1. The number of aliphatic hydroxyl groups excluding tert-OH is 2. The number of nitrogens with one attached hydrogen (secondary N) is 3. The molecule has 3 aliphatic rings. The summed E-state index contributed by atoms with van der Waals surface area (Å²) in [5.74, 6) is 0.767. The Hall–Kier alpha value is -4.05. The highest BCUT2D eigenvalue weighted by Crippen LogP contribution is 2.24. The number of aromatic amines is 1. The fraction of sp³-hybridized carbons (Fsp3) is 0.538. The molecule has 342 valence electrons. The molecule has 1 amide bonds. The average molecular weight is 861 g/mol. The topological polar surface area (TPSA) is 118 Å². The van der Waals surface area contributed by atoms with Gasteiger partial charge in [0, 0.05) is 40.7 Å². The second-order valence-corrected chi connectivity index (χ2v) is 15.6. The lowest BCUT2D eigenvalue weighted by atomic mass is 9.94. The van der Waals surface area contributed by atoms with E-state index < -0.39 is 6.23 Å². The second-order valence-electron chi connectivity index (χ2n) is 15.3. The van der Waals surface area contributed by atoms with Crippen LogP contribution in [0.4, 0.5) is 0 Å². The fourth-order valence-electron chi connectivity index (χ4n) is 6.43. The Labute approximate surface area is 376 Å². The van der Waals surface area contributed by atoms with E-state index in [1.54, 1.807) is 11.0 Å². The minimum atomic E-state index is -0.875. The molecule has 2 aromatic rings. The van der Waals surface area contributed by atoms with Gasteiger partial charge >= 0.3 is 0 Å². The number of H-pyrrole nitrogens is 1. The molecule has 0 spiro atoms. The lowest BCUT2D eigenvalue weighted by Gasteiger charge is -2.29. The summed E-state index contributed by atoms with van der Waals surface area (Å²) in [5.41, 5.74) is 7.39. The van der Waals surface area contributed by atoms with E-state index in [1.165, 1.54) is 55.1 Å². The zero-order chi connectivity index (χ0) is 46.0. The van der Waals surface area contributed by atoms with Crippen LogP contribution in [0.2, 0.25) is 0 Å². The number of amides is 1. The largest absolute Gasteiger partial charge is 0.510 e. The highest BCUT2D eigenvalue weighted by molar-refractivity contribution is 7.83. The van der Waals surface area contributed by atoms with E-state index in [0.717, 1.165) is 79.1 Å². The molecule has 2 aliphatic carbocycles. The molecule has 3 unspecified atom stereocenters. The standard InChI is InChI=1S/C17H15NO.C16H29N3O3S.C10H16.C4H10.C3H8.C2H6/c1-2-12-8-9-14-16(10-12)18-15(11-17(14)19)13-6-4-3-5-7-13;1-3-4-6-12(2)17-10-15(21)19-8-5-7-14(19)16(22)18-9-13(20)11-23;1-3-5-10-7-4-6-9(2)8-10;1-3-4-2;1-3-2;1-2/h2-7,10-11H,1,8-9H2,(H,18,19);11,14,16-18,20,22-23H,2-10H2,1H3;4,7-9H,3,5-6H2,1-2H3;3-4H2,1-2H3;3H2,1-2H3;1-2H3/b;13-11-;;;;. The highest BCUT2D eigenvalue weighted by Gasteiger charge is 2.33. The quantitative estimate of drug-likeness (QED) is 0.0603. The number of rotatable bonds is 15. The van der Waals surface area contributed by atoms with Crippen LogP contribution in [0.15, 0.2) is 107 Å². The smallest absolute Gasteiger partial charge is 0.242 e. The molecule has 5 N–H and O–H groups in total. The van der Waals surface area contributed by atoms with Crippen LogP contribution in [0.1, 0.15) is 151 Å². The van der Waals surface area contributed by atoms with Crippen LogP contribution >= 0.6 is 12.6 Å². The van der Waals surface area contributed by atoms with Gasteiger partial charge in [0.15, 0.2) is 5.43 Å². The van der Waals surface area contributed by atoms with Crippen LogP contribution in [-0.2, 0) is 11.2 Å². The zero-order valence-corrected chi connectivity index (χ0v) is 40.4. The van der Waals surface area contributed by atoms with Crippen molar-refractivity contribution in [2.45, 2.75) is 158 Å². The Morgan fingerprint density at radius 3 is 2.28 bits per heavy atom. The molecule has 8 nitrogen and oxygen atoms in total. The molecule has 1 aromatic heterocycles. The molecule has 9 heteroatoms. The van der Waals surface area contributed by atoms with Crippen LogP contribution in [0.3, 0.4) is 0 Å². The van der Waals surface area contributed by atoms with Crippen LogP contribution in [0.25, 0.3) is 17.3 Å². The molecule has 61 heavy (non-hydrogen) atoms. The minimum Gasteiger partial charge on any atom is -0.510 e. The number of hydrogen-bond donors (Lipinski definition) is 6. The Morgan fingerprint density at radius 1 is 1.03 bits per heavy atom. The van der Waals surface area contributed by atoms with E-state index in [1.807, 2.05) is 56.3 Å². The van der Waals surface area contributed by atoms with Crippen molar-refractivity contribution in [3.8, 4) is 11.3 Å². The van der Waals surface area contributed by atoms with Crippen LogP contribution in [-0.4, -0.2) is 57.9 Å². The number of unbranched alkanes of at least 4 members (excludes halogenated alkanes) is 2. The van der Waals surface area contributed by atoms with Crippen molar-refractivity contribution in [1.82, 2.24) is 20.5 Å². The first-order valence-corrected chi connectivity index (χ1v) is 23.6. The Morgan fingerprint density at radius 2 is 1.70 bits per heavy atom. The number of allylic oxidation sites excluding steroid dienone is 7. The maximum Gasteiger partial charge on any atom is 0.242 e. The molecule has 1 fully saturated rings. The fourth-order valence-corrected chi connectivity index (χ4v) is 6.52. The molecule has 0 radical (unpaired) electrons. The van der Waals surface area contributed by atoms with Crippen molar-refractivity contribution in [3.05, 3.63) is 123 Å². The SMILES string of the molecule is C=C(CCCC)NCC(=O)N1CCCC1C(O)NC/C(O)=C/S.C=CC1=Cc2[nH]c(-c3ccccc3)cc(=O)c2CC1.CC.CCC.CCCC.CCCC1=CC(C)CC=C1. The molecule has 5 rings (SSSR count). The molecule has 1 aliphatic heterocycles. The first-order chi connectivity index (χ1) is 29.4. The Kier molecular flexibility index (Phi) is 33.2. The van der Waals surface area contributed by atoms with Gasteiger partial charge in [0.2, 0.25) is 5.91 Å². The predicted molar refractivity (Wildman–Crippen MR) is 268 cm³/mol. The summed E-state index contributed by atoms with van der Waals surface area (Å²) in [6.07, 6.45) is 23.9. The van der Waals surface area contributed by atoms with Gasteiger partial charge in [-0.3, -0.25) is 14.9 Å². The van der Waals surface area contributed by atoms with E-state index >= 15 is 0 Å². The predicted octanol–water partition coefficient (Wildman–Crippen LogP) is 12.6. The van der Waals surface area contributed by atoms with Crippen molar-refractivity contribution >= 4 is 24.6 Å². The van der Waals surface area contributed by atoms with Crippen LogP contribution in [0.5, 0.6) is 0 Å². The lowest BCUT2D eigenvalue weighted by Crippen LogP contribution is -2.51. The van der Waals surface area contributed by atoms with Gasteiger partial charge in [-0.25, -0.2) is 0 Å². The summed E-state index contributed by atoms with van der Waals surface area (Å²) in [6, 6.07) is 11.3. The Balaban J connectivity index is 0.000000843. The summed E-state index contributed by atoms with van der Waals surface area (Å²) in [4.78, 5) is 29.6. The van der Waals surface area contributed by atoms with E-state index in [0.29, 0.717) is 6.54 Å². The van der Waals surface area contributed by atoms with E-state index in [2.05, 4.69) is 108 Å². The maximum absolute atomic E-state index is 12.3. The van der Waals surface area contributed by atoms with E-state index in [4.69, 9.17) is 0 Å². The number of thiol groups is 1. The number of fused-ring (bicyclic) bond motifs is 1. The summed E-state index contributed by atoms with van der Waals surface area (Å²) < 4.78 is 0. The molecule has 0 saturated carbocycles. The van der Waals surface area contributed by atoms with Gasteiger partial charge in [-0.2, -0.15) is 0 Å². The van der Waals surface area contributed by atoms with Gasteiger partial charge < -0.3 is 25.4 Å².